The third-order valence-electron chi connectivity index (χ3n) is 0.979. The third-order valence-corrected chi connectivity index (χ3v) is 2.84. The van der Waals surface area contributed by atoms with Crippen molar-refractivity contribution < 1.29 is 0 Å². The maximum Gasteiger partial charge on any atom is 0.250 e. The van der Waals surface area contributed by atoms with E-state index in [4.69, 9.17) is 0 Å². The van der Waals surface area contributed by atoms with Crippen LogP contribution in [0.25, 0.3) is 6.08 Å². The van der Waals surface area contributed by atoms with Crippen molar-refractivity contribution in [2.24, 2.45) is 0 Å². The van der Waals surface area contributed by atoms with E-state index >= 15 is 0 Å². The lowest BCUT2D eigenvalue weighted by atomic mass is 10.2. The van der Waals surface area contributed by atoms with E-state index in [0.29, 0.717) is 0 Å². The van der Waals surface area contributed by atoms with E-state index in [-0.39, 0.29) is 4.74 Å². The lowest BCUT2D eigenvalue weighted by Gasteiger charge is -1.83. The molecule has 0 amide bonds. The van der Waals surface area contributed by atoms with Gasteiger partial charge in [0.2, 0.25) is 4.74 Å². The predicted octanol–water partition coefficient (Wildman–Crippen LogP) is 2.59. The van der Waals surface area contributed by atoms with Crippen molar-refractivity contribution >= 4 is 26.8 Å². The topological polar surface area (TPSA) is 17.1 Å². The highest BCUT2D eigenvalue weighted by Gasteiger charge is 1.94. The quantitative estimate of drug-likeness (QED) is 0.595. The molecule has 0 atom stereocenters. The van der Waals surface area contributed by atoms with Crippen LogP contribution in [0.15, 0.2) is 15.7 Å². The zero-order valence-electron chi connectivity index (χ0n) is 5.88. The van der Waals surface area contributed by atoms with E-state index in [9.17, 15) is 4.79 Å². The minimum Gasteiger partial charge on any atom is -0.276 e. The average molecular weight is 172 g/mol. The molecule has 54 valence electrons. The largest absolute Gasteiger partial charge is 0.276 e. The standard InChI is InChI=1S/C7H8OS2/c1-5(2)3-6-4-9-10-7(6)8/h3-4H,1-2H3. The van der Waals surface area contributed by atoms with Gasteiger partial charge in [-0.2, -0.15) is 0 Å². The molecule has 3 heteroatoms. The van der Waals surface area contributed by atoms with Gasteiger partial charge in [0.15, 0.2) is 0 Å². The highest BCUT2D eigenvalue weighted by atomic mass is 32.9. The van der Waals surface area contributed by atoms with Crippen LogP contribution in [0, 0.1) is 0 Å². The summed E-state index contributed by atoms with van der Waals surface area (Å²) in [6.07, 6.45) is 1.91. The summed E-state index contributed by atoms with van der Waals surface area (Å²) in [6, 6.07) is 0. The van der Waals surface area contributed by atoms with Gasteiger partial charge in [-0.05, 0) is 24.2 Å². The van der Waals surface area contributed by atoms with Gasteiger partial charge in [0, 0.05) is 10.9 Å². The lowest BCUT2D eigenvalue weighted by molar-refractivity contribution is 1.42. The van der Waals surface area contributed by atoms with E-state index in [0.717, 1.165) is 5.56 Å². The Balaban J connectivity index is 3.07. The van der Waals surface area contributed by atoms with E-state index in [1.807, 2.05) is 25.3 Å². The van der Waals surface area contributed by atoms with Gasteiger partial charge in [0.25, 0.3) is 0 Å². The first kappa shape index (κ1) is 7.69. The smallest absolute Gasteiger partial charge is 0.250 e. The Kier molecular flexibility index (Phi) is 2.40. The van der Waals surface area contributed by atoms with Crippen molar-refractivity contribution in [3.8, 4) is 0 Å². The molecule has 0 aliphatic heterocycles. The van der Waals surface area contributed by atoms with Crippen molar-refractivity contribution in [2.75, 3.05) is 0 Å². The van der Waals surface area contributed by atoms with Crippen molar-refractivity contribution in [3.05, 3.63) is 26.1 Å². The molecule has 0 saturated carbocycles. The summed E-state index contributed by atoms with van der Waals surface area (Å²) in [4.78, 5) is 10.9. The Morgan fingerprint density at radius 1 is 1.60 bits per heavy atom. The van der Waals surface area contributed by atoms with Crippen LogP contribution in [0.2, 0.25) is 0 Å². The van der Waals surface area contributed by atoms with E-state index in [2.05, 4.69) is 0 Å². The molecule has 1 heterocycles. The molecule has 0 unspecified atom stereocenters. The van der Waals surface area contributed by atoms with Gasteiger partial charge in [-0.1, -0.05) is 22.0 Å². The number of rotatable bonds is 1. The van der Waals surface area contributed by atoms with Crippen molar-refractivity contribution in [1.29, 1.82) is 0 Å². The van der Waals surface area contributed by atoms with Gasteiger partial charge in [-0.15, -0.1) is 0 Å². The van der Waals surface area contributed by atoms with Crippen molar-refractivity contribution in [3.63, 3.8) is 0 Å². The van der Waals surface area contributed by atoms with Crippen LogP contribution < -0.4 is 4.74 Å². The first-order valence-electron chi connectivity index (χ1n) is 2.93. The molecular weight excluding hydrogens is 164 g/mol. The van der Waals surface area contributed by atoms with Crippen LogP contribution in [0.1, 0.15) is 19.4 Å². The zero-order chi connectivity index (χ0) is 7.56. The summed E-state index contributed by atoms with van der Waals surface area (Å²) < 4.78 is 0.172. The molecule has 0 saturated heterocycles. The van der Waals surface area contributed by atoms with Crippen LogP contribution in [0.4, 0.5) is 0 Å². The summed E-state index contributed by atoms with van der Waals surface area (Å²) in [6.45, 7) is 3.98. The molecule has 1 rings (SSSR count). The van der Waals surface area contributed by atoms with Crippen LogP contribution in [-0.4, -0.2) is 0 Å². The fourth-order valence-electron chi connectivity index (χ4n) is 0.620. The molecule has 1 nitrogen and oxygen atoms in total. The highest BCUT2D eigenvalue weighted by Crippen LogP contribution is 2.08. The zero-order valence-corrected chi connectivity index (χ0v) is 7.51. The van der Waals surface area contributed by atoms with Crippen molar-refractivity contribution in [2.45, 2.75) is 13.8 Å². The Bertz CT molecular complexity index is 289. The molecule has 0 fully saturated rings. The summed E-state index contributed by atoms with van der Waals surface area (Å²) in [7, 11) is 2.78. The summed E-state index contributed by atoms with van der Waals surface area (Å²) >= 11 is 0. The highest BCUT2D eigenvalue weighted by molar-refractivity contribution is 7.67. The van der Waals surface area contributed by atoms with E-state index < -0.39 is 0 Å². The minimum absolute atomic E-state index is 0.172. The molecule has 1 aromatic heterocycles. The van der Waals surface area contributed by atoms with Crippen LogP contribution in [0.3, 0.4) is 0 Å². The monoisotopic (exact) mass is 172 g/mol. The van der Waals surface area contributed by atoms with Gasteiger partial charge in [-0.25, -0.2) is 0 Å². The Morgan fingerprint density at radius 2 is 2.30 bits per heavy atom. The second-order valence-corrected chi connectivity index (χ2v) is 4.30. The van der Waals surface area contributed by atoms with Gasteiger partial charge < -0.3 is 0 Å². The molecule has 1 aromatic rings. The average Bonchev–Trinajstić information content (AvgIpc) is 2.15. The first-order chi connectivity index (χ1) is 4.70. The Hall–Kier alpha value is -0.410. The van der Waals surface area contributed by atoms with Crippen LogP contribution in [-0.2, 0) is 0 Å². The van der Waals surface area contributed by atoms with Gasteiger partial charge >= 0.3 is 0 Å². The SMILES string of the molecule is CC(C)=Cc1cssc1=O. The maximum absolute atomic E-state index is 10.9. The van der Waals surface area contributed by atoms with Gasteiger partial charge in [0.1, 0.15) is 0 Å². The molecule has 0 spiro atoms. The third kappa shape index (κ3) is 1.78. The maximum atomic E-state index is 10.9. The second kappa shape index (κ2) is 3.12. The number of allylic oxidation sites excluding steroid dienone is 1. The molecular formula is C7H8OS2. The van der Waals surface area contributed by atoms with Crippen LogP contribution in [0.5, 0.6) is 0 Å². The van der Waals surface area contributed by atoms with Crippen molar-refractivity contribution in [1.82, 2.24) is 0 Å². The fourth-order valence-corrected chi connectivity index (χ4v) is 2.33. The number of hydrogen-bond donors (Lipinski definition) is 0. The summed E-state index contributed by atoms with van der Waals surface area (Å²) in [5.74, 6) is 0. The van der Waals surface area contributed by atoms with Gasteiger partial charge in [-0.3, -0.25) is 4.79 Å². The normalized spacial score (nSPS) is 9.40. The molecule has 0 N–H and O–H groups in total. The molecule has 0 radical (unpaired) electrons. The fraction of sp³-hybridized carbons (Fsp3) is 0.286. The first-order valence-corrected chi connectivity index (χ1v) is 5.14. The molecule has 0 aromatic carbocycles. The van der Waals surface area contributed by atoms with Crippen LogP contribution >= 0.6 is 20.7 Å². The second-order valence-electron chi connectivity index (χ2n) is 2.26. The molecule has 0 aliphatic rings. The Morgan fingerprint density at radius 3 is 2.70 bits per heavy atom. The molecule has 0 bridgehead atoms. The van der Waals surface area contributed by atoms with Gasteiger partial charge in [0.05, 0.1) is 0 Å². The summed E-state index contributed by atoms with van der Waals surface area (Å²) in [5, 5.41) is 1.89. The molecule has 0 aliphatic carbocycles. The lowest BCUT2D eigenvalue weighted by Crippen LogP contribution is -1.91. The van der Waals surface area contributed by atoms with E-state index in [1.165, 1.54) is 26.3 Å². The predicted molar refractivity (Wildman–Crippen MR) is 47.8 cm³/mol. The molecule has 10 heavy (non-hydrogen) atoms. The number of hydrogen-bond acceptors (Lipinski definition) is 3. The minimum atomic E-state index is 0.172. The summed E-state index contributed by atoms with van der Waals surface area (Å²) in [5.41, 5.74) is 2.00. The Labute approximate surface area is 67.0 Å². The van der Waals surface area contributed by atoms with E-state index in [1.54, 1.807) is 0 Å².